The van der Waals surface area contributed by atoms with Crippen LogP contribution in [0.3, 0.4) is 0 Å². The van der Waals surface area contributed by atoms with Gasteiger partial charge in [0.25, 0.3) is 0 Å². The Balaban J connectivity index is 1.41. The average Bonchev–Trinajstić information content (AvgIpc) is 3.36. The van der Waals surface area contributed by atoms with Gasteiger partial charge in [-0.15, -0.1) is 0 Å². The van der Waals surface area contributed by atoms with Crippen LogP contribution in [0, 0.1) is 5.92 Å². The van der Waals surface area contributed by atoms with Gasteiger partial charge in [0.1, 0.15) is 11.6 Å². The van der Waals surface area contributed by atoms with Crippen LogP contribution in [0.2, 0.25) is 0 Å². The number of imidazole rings is 1. The van der Waals surface area contributed by atoms with E-state index >= 15 is 0 Å². The van der Waals surface area contributed by atoms with Crippen molar-refractivity contribution in [3.05, 3.63) is 161 Å². The lowest BCUT2D eigenvalue weighted by atomic mass is 9.76. The first-order valence-corrected chi connectivity index (χ1v) is 12.8. The van der Waals surface area contributed by atoms with E-state index in [0.717, 1.165) is 34.6 Å². The number of hydrogen-bond donors (Lipinski definition) is 1. The minimum Gasteiger partial charge on any atom is -0.382 e. The zero-order valence-electron chi connectivity index (χ0n) is 20.0. The van der Waals surface area contributed by atoms with Gasteiger partial charge in [-0.2, -0.15) is 0 Å². The van der Waals surface area contributed by atoms with Crippen molar-refractivity contribution < 1.29 is 5.11 Å². The Morgan fingerprint density at radius 2 is 1.33 bits per heavy atom. The molecule has 1 N–H and O–H groups in total. The van der Waals surface area contributed by atoms with Crippen LogP contribution in [0.25, 0.3) is 0 Å². The van der Waals surface area contributed by atoms with Crippen molar-refractivity contribution in [2.45, 2.75) is 30.4 Å². The molecule has 1 aromatic heterocycles. The SMILES string of the molecule is OC(c1cn(C(c2ccccc2)(c2ccccc2)c2ccccc2)cn1)c1cccc2c1CC1CC21. The van der Waals surface area contributed by atoms with Gasteiger partial charge in [0, 0.05) is 6.20 Å². The maximum Gasteiger partial charge on any atom is 0.123 e. The molecule has 176 valence electrons. The molecule has 2 aliphatic rings. The van der Waals surface area contributed by atoms with Crippen molar-refractivity contribution in [1.29, 1.82) is 0 Å². The van der Waals surface area contributed by atoms with Crippen molar-refractivity contribution in [2.24, 2.45) is 5.92 Å². The lowest BCUT2D eigenvalue weighted by molar-refractivity contribution is 0.214. The maximum atomic E-state index is 11.6. The standard InChI is InChI=1S/C33H28N2O/c36-32(28-18-10-17-27-29-19-23(29)20-30(27)28)31-21-35(22-34-31)33(24-11-4-1-5-12-24,25-13-6-2-7-14-25)26-15-8-3-9-16-26/h1-18,21-23,29,32,36H,19-20H2. The number of hydrogen-bond acceptors (Lipinski definition) is 2. The monoisotopic (exact) mass is 468 g/mol. The number of aliphatic hydroxyl groups excluding tert-OH is 1. The third-order valence-corrected chi connectivity index (χ3v) is 8.18. The third kappa shape index (κ3) is 3.20. The van der Waals surface area contributed by atoms with Gasteiger partial charge in [-0.05, 0) is 58.1 Å². The van der Waals surface area contributed by atoms with Gasteiger partial charge in [0.05, 0.1) is 12.0 Å². The molecule has 0 bridgehead atoms. The smallest absolute Gasteiger partial charge is 0.123 e. The molecule has 1 saturated carbocycles. The number of nitrogens with zero attached hydrogens (tertiary/aromatic N) is 2. The summed E-state index contributed by atoms with van der Waals surface area (Å²) in [5, 5.41) is 11.6. The van der Waals surface area contributed by atoms with E-state index in [1.165, 1.54) is 17.5 Å². The fourth-order valence-electron chi connectivity index (χ4n) is 6.39. The first kappa shape index (κ1) is 21.3. The Morgan fingerprint density at radius 3 is 1.92 bits per heavy atom. The molecule has 7 rings (SSSR count). The maximum absolute atomic E-state index is 11.6. The third-order valence-electron chi connectivity index (χ3n) is 8.18. The fraction of sp³-hybridized carbons (Fsp3) is 0.182. The number of aromatic nitrogens is 2. The summed E-state index contributed by atoms with van der Waals surface area (Å²) in [6, 6.07) is 38.1. The van der Waals surface area contributed by atoms with Crippen molar-refractivity contribution in [2.75, 3.05) is 0 Å². The molecule has 5 aromatic rings. The summed E-state index contributed by atoms with van der Waals surface area (Å²) < 4.78 is 2.17. The summed E-state index contributed by atoms with van der Waals surface area (Å²) in [5.41, 5.74) is 7.24. The minimum absolute atomic E-state index is 0.630. The summed E-state index contributed by atoms with van der Waals surface area (Å²) in [4.78, 5) is 4.80. The van der Waals surface area contributed by atoms with Crippen LogP contribution in [0.1, 0.15) is 57.5 Å². The predicted molar refractivity (Wildman–Crippen MR) is 142 cm³/mol. The van der Waals surface area contributed by atoms with E-state index in [2.05, 4.69) is 95.6 Å². The Labute approximate surface area is 211 Å². The van der Waals surface area contributed by atoms with Crippen LogP contribution >= 0.6 is 0 Å². The Hall–Kier alpha value is -3.95. The molecule has 0 radical (unpaired) electrons. The van der Waals surface area contributed by atoms with Crippen LogP contribution in [0.5, 0.6) is 0 Å². The van der Waals surface area contributed by atoms with E-state index in [9.17, 15) is 5.11 Å². The molecular weight excluding hydrogens is 440 g/mol. The number of fused-ring (bicyclic) bond motifs is 3. The van der Waals surface area contributed by atoms with E-state index in [1.807, 2.05) is 30.7 Å². The molecule has 1 heterocycles. The van der Waals surface area contributed by atoms with E-state index in [0.29, 0.717) is 11.6 Å². The second-order valence-electron chi connectivity index (χ2n) is 10.1. The quantitative estimate of drug-likeness (QED) is 0.290. The van der Waals surface area contributed by atoms with Crippen molar-refractivity contribution >= 4 is 0 Å². The zero-order chi connectivity index (χ0) is 24.1. The van der Waals surface area contributed by atoms with Crippen LogP contribution in [-0.4, -0.2) is 14.7 Å². The molecule has 3 heteroatoms. The average molecular weight is 469 g/mol. The van der Waals surface area contributed by atoms with Gasteiger partial charge in [-0.25, -0.2) is 4.98 Å². The molecule has 4 aromatic carbocycles. The van der Waals surface area contributed by atoms with Gasteiger partial charge in [0.2, 0.25) is 0 Å². The van der Waals surface area contributed by atoms with E-state index in [-0.39, 0.29) is 0 Å². The zero-order valence-corrected chi connectivity index (χ0v) is 20.0. The summed E-state index contributed by atoms with van der Waals surface area (Å²) in [6.07, 6.45) is 5.54. The van der Waals surface area contributed by atoms with Gasteiger partial charge in [0.15, 0.2) is 0 Å². The predicted octanol–water partition coefficient (Wildman–Crippen LogP) is 6.46. The second-order valence-corrected chi connectivity index (χ2v) is 10.1. The Kier molecular flexibility index (Phi) is 4.93. The molecule has 0 amide bonds. The largest absolute Gasteiger partial charge is 0.382 e. The highest BCUT2D eigenvalue weighted by Crippen LogP contribution is 2.57. The second kappa shape index (κ2) is 8.32. The number of benzene rings is 4. The number of aliphatic hydroxyl groups is 1. The lowest BCUT2D eigenvalue weighted by Gasteiger charge is -2.37. The van der Waals surface area contributed by atoms with Crippen molar-refractivity contribution in [3.8, 4) is 0 Å². The summed E-state index contributed by atoms with van der Waals surface area (Å²) in [6.45, 7) is 0. The molecule has 0 aliphatic heterocycles. The normalized spacial score (nSPS) is 18.9. The molecule has 3 nitrogen and oxygen atoms in total. The highest BCUT2D eigenvalue weighted by atomic mass is 16.3. The Morgan fingerprint density at radius 1 is 0.750 bits per heavy atom. The molecule has 2 aliphatic carbocycles. The van der Waals surface area contributed by atoms with E-state index in [4.69, 9.17) is 4.98 Å². The van der Waals surface area contributed by atoms with Crippen LogP contribution in [0.15, 0.2) is 122 Å². The first-order chi connectivity index (χ1) is 17.8. The highest BCUT2D eigenvalue weighted by molar-refractivity contribution is 5.52. The van der Waals surface area contributed by atoms with E-state index < -0.39 is 11.6 Å². The van der Waals surface area contributed by atoms with Crippen LogP contribution in [0.4, 0.5) is 0 Å². The van der Waals surface area contributed by atoms with Gasteiger partial charge in [-0.1, -0.05) is 109 Å². The minimum atomic E-state index is -0.751. The molecule has 36 heavy (non-hydrogen) atoms. The number of rotatable bonds is 6. The van der Waals surface area contributed by atoms with Crippen molar-refractivity contribution in [1.82, 2.24) is 9.55 Å². The molecular formula is C33H28N2O. The van der Waals surface area contributed by atoms with Gasteiger partial charge < -0.3 is 9.67 Å². The summed E-state index contributed by atoms with van der Waals surface area (Å²) >= 11 is 0. The van der Waals surface area contributed by atoms with Crippen molar-refractivity contribution in [3.63, 3.8) is 0 Å². The molecule has 3 atom stereocenters. The lowest BCUT2D eigenvalue weighted by Crippen LogP contribution is -2.37. The van der Waals surface area contributed by atoms with Gasteiger partial charge in [-0.3, -0.25) is 0 Å². The molecule has 1 fully saturated rings. The highest BCUT2D eigenvalue weighted by Gasteiger charge is 2.46. The van der Waals surface area contributed by atoms with Crippen LogP contribution in [-0.2, 0) is 12.0 Å². The summed E-state index contributed by atoms with van der Waals surface area (Å²) in [5.74, 6) is 1.47. The first-order valence-electron chi connectivity index (χ1n) is 12.8. The molecule has 3 unspecified atom stereocenters. The van der Waals surface area contributed by atoms with Crippen LogP contribution < -0.4 is 0 Å². The summed E-state index contributed by atoms with van der Waals surface area (Å²) in [7, 11) is 0. The molecule has 0 saturated heterocycles. The molecule has 0 spiro atoms. The Bertz CT molecular complexity index is 1410. The van der Waals surface area contributed by atoms with E-state index in [1.54, 1.807) is 0 Å². The van der Waals surface area contributed by atoms with Gasteiger partial charge >= 0.3 is 0 Å². The topological polar surface area (TPSA) is 38.0 Å². The fourth-order valence-corrected chi connectivity index (χ4v) is 6.39.